The fourth-order valence-electron chi connectivity index (χ4n) is 9.06. The van der Waals surface area contributed by atoms with Crippen LogP contribution in [0.15, 0.2) is 146 Å². The topological polar surface area (TPSA) is 78.9 Å². The Kier molecular flexibility index (Phi) is 64.8. The molecular weight excluding hydrogens is 1010 g/mol. The zero-order valence-corrected chi connectivity index (χ0v) is 53.2. The summed E-state index contributed by atoms with van der Waals surface area (Å²) < 4.78 is 16.9. The van der Waals surface area contributed by atoms with Crippen molar-refractivity contribution in [2.24, 2.45) is 0 Å². The van der Waals surface area contributed by atoms with Crippen LogP contribution in [0.2, 0.25) is 0 Å². The van der Waals surface area contributed by atoms with Crippen molar-refractivity contribution in [1.82, 2.24) is 0 Å². The molecule has 0 aliphatic carbocycles. The molecule has 0 aromatic carbocycles. The van der Waals surface area contributed by atoms with Gasteiger partial charge in [-0.05, 0) is 141 Å². The largest absolute Gasteiger partial charge is 0.462 e. The molecule has 6 heteroatoms. The van der Waals surface area contributed by atoms with Gasteiger partial charge in [-0.25, -0.2) is 0 Å². The van der Waals surface area contributed by atoms with Crippen molar-refractivity contribution in [3.63, 3.8) is 0 Å². The van der Waals surface area contributed by atoms with Crippen LogP contribution in [-0.2, 0) is 28.6 Å². The molecule has 0 spiro atoms. The van der Waals surface area contributed by atoms with Gasteiger partial charge in [-0.2, -0.15) is 0 Å². The molecule has 0 radical (unpaired) electrons. The van der Waals surface area contributed by atoms with E-state index in [0.29, 0.717) is 19.3 Å². The Hall–Kier alpha value is -4.71. The molecule has 0 aromatic rings. The summed E-state index contributed by atoms with van der Waals surface area (Å²) in [6, 6.07) is 0. The van der Waals surface area contributed by atoms with Gasteiger partial charge in [-0.1, -0.05) is 282 Å². The first-order chi connectivity index (χ1) is 40.5. The Balaban J connectivity index is 4.30. The number of esters is 3. The number of unbranched alkanes of at least 4 members (excludes halogenated alkanes) is 25. The highest BCUT2D eigenvalue weighted by Crippen LogP contribution is 2.15. The third-order valence-electron chi connectivity index (χ3n) is 14.1. The van der Waals surface area contributed by atoms with Gasteiger partial charge < -0.3 is 14.2 Å². The van der Waals surface area contributed by atoms with Crippen LogP contribution in [0.4, 0.5) is 0 Å². The summed E-state index contributed by atoms with van der Waals surface area (Å²) in [4.78, 5) is 38.4. The minimum atomic E-state index is -0.800. The van der Waals surface area contributed by atoms with Crippen LogP contribution in [0.5, 0.6) is 0 Å². The van der Waals surface area contributed by atoms with E-state index < -0.39 is 6.10 Å². The summed E-state index contributed by atoms with van der Waals surface area (Å²) in [5.74, 6) is -0.925. The van der Waals surface area contributed by atoms with Crippen LogP contribution in [0.1, 0.15) is 297 Å². The molecule has 464 valence electrons. The fraction of sp³-hybridized carbons (Fsp3) is 0.645. The van der Waals surface area contributed by atoms with Gasteiger partial charge in [0, 0.05) is 19.3 Å². The van der Waals surface area contributed by atoms with E-state index in [1.165, 1.54) is 89.9 Å². The van der Waals surface area contributed by atoms with E-state index in [4.69, 9.17) is 14.2 Å². The summed E-state index contributed by atoms with van der Waals surface area (Å²) in [6.45, 7) is 6.38. The summed E-state index contributed by atoms with van der Waals surface area (Å²) >= 11 is 0. The molecular formula is C76H124O6. The molecule has 6 nitrogen and oxygen atoms in total. The molecule has 0 fully saturated rings. The molecule has 0 aliphatic rings. The lowest BCUT2D eigenvalue weighted by atomic mass is 10.0. The van der Waals surface area contributed by atoms with Gasteiger partial charge in [0.15, 0.2) is 6.10 Å². The maximum atomic E-state index is 12.9. The molecule has 82 heavy (non-hydrogen) atoms. The molecule has 0 amide bonds. The van der Waals surface area contributed by atoms with Crippen LogP contribution in [-0.4, -0.2) is 37.2 Å². The fourth-order valence-corrected chi connectivity index (χ4v) is 9.06. The van der Waals surface area contributed by atoms with E-state index in [9.17, 15) is 14.4 Å². The van der Waals surface area contributed by atoms with Crippen molar-refractivity contribution >= 4 is 17.9 Å². The van der Waals surface area contributed by atoms with Crippen LogP contribution in [0, 0.1) is 0 Å². The average molecular weight is 1130 g/mol. The van der Waals surface area contributed by atoms with Crippen molar-refractivity contribution < 1.29 is 28.6 Å². The van der Waals surface area contributed by atoms with Gasteiger partial charge in [-0.3, -0.25) is 14.4 Å². The smallest absolute Gasteiger partial charge is 0.306 e. The lowest BCUT2D eigenvalue weighted by Gasteiger charge is -2.18. The summed E-state index contributed by atoms with van der Waals surface area (Å²) in [6.07, 6.45) is 98.6. The van der Waals surface area contributed by atoms with E-state index >= 15 is 0 Å². The van der Waals surface area contributed by atoms with Crippen molar-refractivity contribution in [2.45, 2.75) is 303 Å². The van der Waals surface area contributed by atoms with Crippen LogP contribution in [0.25, 0.3) is 0 Å². The van der Waals surface area contributed by atoms with Crippen LogP contribution >= 0.6 is 0 Å². The van der Waals surface area contributed by atoms with E-state index in [-0.39, 0.29) is 31.1 Å². The third kappa shape index (κ3) is 66.1. The third-order valence-corrected chi connectivity index (χ3v) is 14.1. The number of carbonyl (C=O) groups excluding carboxylic acids is 3. The first-order valence-corrected chi connectivity index (χ1v) is 33.8. The lowest BCUT2D eigenvalue weighted by Crippen LogP contribution is -2.30. The van der Waals surface area contributed by atoms with Gasteiger partial charge in [0.25, 0.3) is 0 Å². The second-order valence-corrected chi connectivity index (χ2v) is 22.0. The van der Waals surface area contributed by atoms with E-state index in [1.807, 2.05) is 0 Å². The van der Waals surface area contributed by atoms with Crippen molar-refractivity contribution in [3.8, 4) is 0 Å². The Morgan fingerprint density at radius 3 is 0.744 bits per heavy atom. The normalized spacial score (nSPS) is 13.1. The predicted molar refractivity (Wildman–Crippen MR) is 357 cm³/mol. The van der Waals surface area contributed by atoms with E-state index in [0.717, 1.165) is 167 Å². The van der Waals surface area contributed by atoms with E-state index in [1.54, 1.807) is 0 Å². The van der Waals surface area contributed by atoms with E-state index in [2.05, 4.69) is 167 Å². The zero-order valence-electron chi connectivity index (χ0n) is 53.2. The van der Waals surface area contributed by atoms with Gasteiger partial charge in [-0.15, -0.1) is 0 Å². The van der Waals surface area contributed by atoms with Gasteiger partial charge in [0.1, 0.15) is 13.2 Å². The second-order valence-electron chi connectivity index (χ2n) is 22.0. The van der Waals surface area contributed by atoms with Gasteiger partial charge in [0.2, 0.25) is 0 Å². The highest BCUT2D eigenvalue weighted by Gasteiger charge is 2.19. The monoisotopic (exact) mass is 1130 g/mol. The molecule has 0 heterocycles. The number of hydrogen-bond donors (Lipinski definition) is 0. The van der Waals surface area contributed by atoms with Gasteiger partial charge in [0.05, 0.1) is 0 Å². The molecule has 1 atom stereocenters. The Morgan fingerprint density at radius 2 is 0.476 bits per heavy atom. The molecule has 0 saturated heterocycles. The number of carbonyl (C=O) groups is 3. The quantitative estimate of drug-likeness (QED) is 0.0261. The minimum Gasteiger partial charge on any atom is -0.462 e. The summed E-state index contributed by atoms with van der Waals surface area (Å²) in [5.41, 5.74) is 0. The van der Waals surface area contributed by atoms with Crippen LogP contribution < -0.4 is 0 Å². The standard InChI is InChI=1S/C76H124O6/c1-4-7-10-13-16-19-22-25-28-30-31-32-33-34-35-36-37-38-39-40-41-42-43-44-45-46-49-51-54-57-60-63-66-69-75(78)81-72-73(71-80-74(77)68-65-62-59-56-53-50-47-27-24-21-18-15-12-9-6-3)82-76(79)70-67-64-61-58-55-52-48-29-26-23-20-17-14-11-8-5-2/h7,9-10,12,16,18-21,23,25,27-29,31-32,34-35,37-38,40-41,47-48,73H,4-6,8,11,13-15,17,22,24,26,30,33,36,39,42-46,49-72H2,1-3H3/b10-7-,12-9-,19-16-,21-18-,23-20-,28-25-,32-31-,35-34-,38-37-,41-40-,47-27-,48-29-. The van der Waals surface area contributed by atoms with Crippen LogP contribution in [0.3, 0.4) is 0 Å². The maximum Gasteiger partial charge on any atom is 0.306 e. The number of ether oxygens (including phenoxy) is 3. The second kappa shape index (κ2) is 68.8. The zero-order chi connectivity index (χ0) is 59.2. The molecule has 0 aromatic heterocycles. The summed E-state index contributed by atoms with van der Waals surface area (Å²) in [7, 11) is 0. The average Bonchev–Trinajstić information content (AvgIpc) is 3.47. The van der Waals surface area contributed by atoms with Crippen molar-refractivity contribution in [2.75, 3.05) is 13.2 Å². The summed E-state index contributed by atoms with van der Waals surface area (Å²) in [5, 5.41) is 0. The molecule has 0 N–H and O–H groups in total. The molecule has 1 unspecified atom stereocenters. The molecule has 0 bridgehead atoms. The number of allylic oxidation sites excluding steroid dienone is 24. The lowest BCUT2D eigenvalue weighted by molar-refractivity contribution is -0.167. The predicted octanol–water partition coefficient (Wildman–Crippen LogP) is 23.5. The first kappa shape index (κ1) is 77.3. The van der Waals surface area contributed by atoms with Gasteiger partial charge >= 0.3 is 17.9 Å². The SMILES string of the molecule is CC/C=C\C/C=C\C/C=C\C/C=C\C/C=C\C/C=C\C/C=C\CCCCCCCCCCCCCC(=O)OCC(COC(=O)CCCCCCC/C=C\C/C=C\C/C=C\CC)OC(=O)CCCCCCC/C=C\C/C=C\CCCCCC. The number of rotatable bonds is 60. The van der Waals surface area contributed by atoms with Crippen molar-refractivity contribution in [3.05, 3.63) is 146 Å². The molecule has 0 rings (SSSR count). The highest BCUT2D eigenvalue weighted by atomic mass is 16.6. The van der Waals surface area contributed by atoms with Crippen molar-refractivity contribution in [1.29, 1.82) is 0 Å². The maximum absolute atomic E-state index is 12.9. The number of hydrogen-bond acceptors (Lipinski definition) is 6. The Bertz CT molecular complexity index is 1780. The Morgan fingerprint density at radius 1 is 0.256 bits per heavy atom. The highest BCUT2D eigenvalue weighted by molar-refractivity contribution is 5.71. The minimum absolute atomic E-state index is 0.0943. The Labute approximate surface area is 506 Å². The molecule has 0 aliphatic heterocycles. The molecule has 0 saturated carbocycles. The first-order valence-electron chi connectivity index (χ1n) is 33.8.